The minimum atomic E-state index is -0.0671. The van der Waals surface area contributed by atoms with Gasteiger partial charge in [0.15, 0.2) is 0 Å². The van der Waals surface area contributed by atoms with Gasteiger partial charge >= 0.3 is 0 Å². The van der Waals surface area contributed by atoms with E-state index in [2.05, 4.69) is 10.2 Å². The van der Waals surface area contributed by atoms with Crippen LogP contribution in [0.5, 0.6) is 0 Å². The lowest BCUT2D eigenvalue weighted by atomic mass is 10.1. The zero-order chi connectivity index (χ0) is 13.1. The molecule has 0 saturated carbocycles. The minimum Gasteiger partial charge on any atom is -0.399 e. The summed E-state index contributed by atoms with van der Waals surface area (Å²) in [6.07, 6.45) is 1.16. The number of nitrogens with zero attached hydrogens (tertiary/aromatic N) is 1. The molecule has 1 amide bonds. The monoisotopic (exact) mass is 265 g/mol. The van der Waals surface area contributed by atoms with Gasteiger partial charge in [-0.05, 0) is 30.4 Å². The van der Waals surface area contributed by atoms with Gasteiger partial charge in [0.2, 0.25) is 0 Å². The molecular weight excluding hydrogens is 246 g/mol. The van der Waals surface area contributed by atoms with Crippen molar-refractivity contribution >= 4 is 29.0 Å². The second-order valence-electron chi connectivity index (χ2n) is 4.48. The molecular formula is C13H19N3OS. The topological polar surface area (TPSA) is 58.4 Å². The van der Waals surface area contributed by atoms with Gasteiger partial charge in [0, 0.05) is 31.6 Å². The molecule has 0 bridgehead atoms. The maximum atomic E-state index is 11.9. The lowest BCUT2D eigenvalue weighted by Gasteiger charge is -2.28. The Morgan fingerprint density at radius 1 is 1.56 bits per heavy atom. The number of nitrogens with two attached hydrogens (primary N) is 1. The molecule has 4 nitrogen and oxygen atoms in total. The Morgan fingerprint density at radius 3 is 2.94 bits per heavy atom. The number of nitrogens with one attached hydrogen (secondary N) is 1. The molecule has 1 fully saturated rings. The predicted octanol–water partition coefficient (Wildman–Crippen LogP) is 1.57. The predicted molar refractivity (Wildman–Crippen MR) is 78.4 cm³/mol. The van der Waals surface area contributed by atoms with E-state index in [0.717, 1.165) is 17.9 Å². The summed E-state index contributed by atoms with van der Waals surface area (Å²) in [5.41, 5.74) is 8.14. The zero-order valence-electron chi connectivity index (χ0n) is 10.8. The fourth-order valence-corrected chi connectivity index (χ4v) is 3.46. The number of hydrogen-bond acceptors (Lipinski definition) is 4. The van der Waals surface area contributed by atoms with Crippen LogP contribution < -0.4 is 16.0 Å². The van der Waals surface area contributed by atoms with Crippen LogP contribution >= 0.6 is 11.8 Å². The van der Waals surface area contributed by atoms with Gasteiger partial charge in [-0.2, -0.15) is 11.8 Å². The number of carbonyl (C=O) groups excluding carboxylic acids is 1. The Morgan fingerprint density at radius 2 is 2.33 bits per heavy atom. The van der Waals surface area contributed by atoms with Crippen molar-refractivity contribution in [3.8, 4) is 0 Å². The summed E-state index contributed by atoms with van der Waals surface area (Å²) < 4.78 is 0. The van der Waals surface area contributed by atoms with Gasteiger partial charge in [-0.25, -0.2) is 0 Å². The van der Waals surface area contributed by atoms with Crippen molar-refractivity contribution in [1.82, 2.24) is 5.32 Å². The van der Waals surface area contributed by atoms with Gasteiger partial charge in [-0.3, -0.25) is 4.79 Å². The van der Waals surface area contributed by atoms with E-state index in [0.29, 0.717) is 17.3 Å². The fourth-order valence-electron chi connectivity index (χ4n) is 2.19. The third-order valence-corrected chi connectivity index (χ3v) is 4.47. The summed E-state index contributed by atoms with van der Waals surface area (Å²) in [5, 5.41) is 2.67. The van der Waals surface area contributed by atoms with E-state index >= 15 is 0 Å². The highest BCUT2D eigenvalue weighted by atomic mass is 32.2. The van der Waals surface area contributed by atoms with Gasteiger partial charge in [0.25, 0.3) is 5.91 Å². The molecule has 1 aliphatic rings. The van der Waals surface area contributed by atoms with Crippen LogP contribution in [0.15, 0.2) is 18.2 Å². The largest absolute Gasteiger partial charge is 0.399 e. The normalized spacial score (nSPS) is 18.7. The number of hydrogen-bond donors (Lipinski definition) is 2. The first kappa shape index (κ1) is 13.1. The number of benzene rings is 1. The van der Waals surface area contributed by atoms with Crippen LogP contribution in [0.3, 0.4) is 0 Å². The first-order chi connectivity index (χ1) is 8.63. The van der Waals surface area contributed by atoms with Crippen molar-refractivity contribution < 1.29 is 4.79 Å². The maximum absolute atomic E-state index is 11.9. The van der Waals surface area contributed by atoms with Crippen LogP contribution in [-0.2, 0) is 0 Å². The van der Waals surface area contributed by atoms with E-state index in [1.807, 2.05) is 24.9 Å². The van der Waals surface area contributed by atoms with Gasteiger partial charge in [0.05, 0.1) is 11.3 Å². The smallest absolute Gasteiger partial charge is 0.253 e. The van der Waals surface area contributed by atoms with Crippen LogP contribution in [0.25, 0.3) is 0 Å². The molecule has 1 aromatic carbocycles. The highest BCUT2D eigenvalue weighted by Gasteiger charge is 2.23. The Bertz CT molecular complexity index is 444. The summed E-state index contributed by atoms with van der Waals surface area (Å²) in [4.78, 5) is 14.1. The second-order valence-corrected chi connectivity index (χ2v) is 5.63. The average molecular weight is 265 g/mol. The van der Waals surface area contributed by atoms with E-state index in [4.69, 9.17) is 5.73 Å². The average Bonchev–Trinajstić information content (AvgIpc) is 2.90. The number of carbonyl (C=O) groups is 1. The molecule has 18 heavy (non-hydrogen) atoms. The van der Waals surface area contributed by atoms with E-state index in [9.17, 15) is 4.79 Å². The number of rotatable bonds is 3. The molecule has 0 radical (unpaired) electrons. The summed E-state index contributed by atoms with van der Waals surface area (Å²) >= 11 is 1.96. The SMILES string of the molecule is CNC(=O)c1ccc(N)cc1N(C)C1CCSC1. The molecule has 98 valence electrons. The third kappa shape index (κ3) is 2.56. The number of nitrogen functional groups attached to an aromatic ring is 1. The molecule has 0 spiro atoms. The van der Waals surface area contributed by atoms with Crippen LogP contribution in [0.1, 0.15) is 16.8 Å². The van der Waals surface area contributed by atoms with Crippen LogP contribution in [-0.4, -0.2) is 37.6 Å². The molecule has 1 saturated heterocycles. The number of thioether (sulfide) groups is 1. The Labute approximate surface area is 112 Å². The van der Waals surface area contributed by atoms with Crippen molar-refractivity contribution in [2.75, 3.05) is 36.2 Å². The standard InChI is InChI=1S/C13H19N3OS/c1-15-13(17)11-4-3-9(14)7-12(11)16(2)10-5-6-18-8-10/h3-4,7,10H,5-6,8,14H2,1-2H3,(H,15,17). The molecule has 2 rings (SSSR count). The van der Waals surface area contributed by atoms with Gasteiger partial charge in [-0.1, -0.05) is 0 Å². The molecule has 1 aromatic rings. The van der Waals surface area contributed by atoms with E-state index in [-0.39, 0.29) is 5.91 Å². The summed E-state index contributed by atoms with van der Waals surface area (Å²) in [5.74, 6) is 2.23. The van der Waals surface area contributed by atoms with Crippen molar-refractivity contribution in [2.24, 2.45) is 0 Å². The lowest BCUT2D eigenvalue weighted by molar-refractivity contribution is 0.0963. The molecule has 1 heterocycles. The molecule has 1 atom stereocenters. The maximum Gasteiger partial charge on any atom is 0.253 e. The molecule has 5 heteroatoms. The highest BCUT2D eigenvalue weighted by Crippen LogP contribution is 2.29. The minimum absolute atomic E-state index is 0.0671. The van der Waals surface area contributed by atoms with Gasteiger partial charge < -0.3 is 16.0 Å². The Kier molecular flexibility index (Phi) is 4.01. The Balaban J connectivity index is 2.34. The van der Waals surface area contributed by atoms with Crippen LogP contribution in [0.2, 0.25) is 0 Å². The first-order valence-corrected chi connectivity index (χ1v) is 7.21. The fraction of sp³-hybridized carbons (Fsp3) is 0.462. The van der Waals surface area contributed by atoms with Crippen molar-refractivity contribution in [3.05, 3.63) is 23.8 Å². The van der Waals surface area contributed by atoms with Crippen LogP contribution in [0, 0.1) is 0 Å². The van der Waals surface area contributed by atoms with Crippen molar-refractivity contribution in [3.63, 3.8) is 0 Å². The third-order valence-electron chi connectivity index (χ3n) is 3.33. The van der Waals surface area contributed by atoms with Crippen molar-refractivity contribution in [1.29, 1.82) is 0 Å². The molecule has 0 aliphatic carbocycles. The van der Waals surface area contributed by atoms with Crippen LogP contribution in [0.4, 0.5) is 11.4 Å². The van der Waals surface area contributed by atoms with Gasteiger partial charge in [0.1, 0.15) is 0 Å². The summed E-state index contributed by atoms with van der Waals surface area (Å²) in [7, 11) is 3.69. The zero-order valence-corrected chi connectivity index (χ0v) is 11.6. The Hall–Kier alpha value is -1.36. The molecule has 3 N–H and O–H groups in total. The number of amides is 1. The highest BCUT2D eigenvalue weighted by molar-refractivity contribution is 7.99. The first-order valence-electron chi connectivity index (χ1n) is 6.05. The summed E-state index contributed by atoms with van der Waals surface area (Å²) in [6, 6.07) is 5.93. The summed E-state index contributed by atoms with van der Waals surface area (Å²) in [6.45, 7) is 0. The van der Waals surface area contributed by atoms with E-state index in [1.54, 1.807) is 19.2 Å². The number of anilines is 2. The lowest BCUT2D eigenvalue weighted by Crippen LogP contribution is -2.33. The second kappa shape index (κ2) is 5.52. The van der Waals surface area contributed by atoms with Crippen molar-refractivity contribution in [2.45, 2.75) is 12.5 Å². The van der Waals surface area contributed by atoms with Gasteiger partial charge in [-0.15, -0.1) is 0 Å². The molecule has 0 aromatic heterocycles. The quantitative estimate of drug-likeness (QED) is 0.815. The van der Waals surface area contributed by atoms with E-state index in [1.165, 1.54) is 5.75 Å². The van der Waals surface area contributed by atoms with E-state index < -0.39 is 0 Å². The molecule has 1 unspecified atom stereocenters. The molecule has 1 aliphatic heterocycles.